The molecule has 0 aliphatic rings. The first-order valence-corrected chi connectivity index (χ1v) is 6.01. The number of hydrogen-bond donors (Lipinski definition) is 1. The van der Waals surface area contributed by atoms with E-state index in [0.717, 1.165) is 6.54 Å². The second-order valence-corrected chi connectivity index (χ2v) is 4.28. The molecule has 0 saturated carbocycles. The van der Waals surface area contributed by atoms with Crippen molar-refractivity contribution in [3.63, 3.8) is 0 Å². The number of hydrogen-bond acceptors (Lipinski definition) is 3. The molecule has 1 aromatic heterocycles. The molecule has 90 valence electrons. The summed E-state index contributed by atoms with van der Waals surface area (Å²) >= 11 is 0. The van der Waals surface area contributed by atoms with Gasteiger partial charge in [-0.1, -0.05) is 13.3 Å². The lowest BCUT2D eigenvalue weighted by Crippen LogP contribution is -2.30. The van der Waals surface area contributed by atoms with Gasteiger partial charge in [0.1, 0.15) is 0 Å². The summed E-state index contributed by atoms with van der Waals surface area (Å²) in [6.07, 6.45) is 6.25. The summed E-state index contributed by atoms with van der Waals surface area (Å²) in [5.41, 5.74) is 2.54. The molecule has 16 heavy (non-hydrogen) atoms. The lowest BCUT2D eigenvalue weighted by atomic mass is 10.1. The van der Waals surface area contributed by atoms with Crippen LogP contribution in [0.5, 0.6) is 0 Å². The van der Waals surface area contributed by atoms with Gasteiger partial charge in [0.25, 0.3) is 0 Å². The maximum Gasteiger partial charge on any atom is 0.0442 e. The Labute approximate surface area is 98.9 Å². The summed E-state index contributed by atoms with van der Waals surface area (Å²) in [7, 11) is 4.13. The lowest BCUT2D eigenvalue weighted by Gasteiger charge is -2.28. The number of pyridine rings is 1. The molecule has 0 amide bonds. The zero-order chi connectivity index (χ0) is 12.0. The molecular formula is C13H23N3. The van der Waals surface area contributed by atoms with E-state index in [2.05, 4.69) is 42.2 Å². The van der Waals surface area contributed by atoms with E-state index in [1.165, 1.54) is 24.1 Å². The van der Waals surface area contributed by atoms with E-state index in [1.54, 1.807) is 0 Å². The minimum absolute atomic E-state index is 0.572. The molecule has 0 spiro atoms. The average Bonchev–Trinajstić information content (AvgIpc) is 2.29. The van der Waals surface area contributed by atoms with E-state index in [9.17, 15) is 0 Å². The number of nitrogens with zero attached hydrogens (tertiary/aromatic N) is 2. The third-order valence-electron chi connectivity index (χ3n) is 2.99. The number of anilines is 1. The Balaban J connectivity index is 2.84. The highest BCUT2D eigenvalue weighted by molar-refractivity contribution is 5.52. The fraction of sp³-hybridized carbons (Fsp3) is 0.615. The van der Waals surface area contributed by atoms with Crippen molar-refractivity contribution in [3.05, 3.63) is 24.0 Å². The Morgan fingerprint density at radius 1 is 1.50 bits per heavy atom. The van der Waals surface area contributed by atoms with Gasteiger partial charge in [-0.15, -0.1) is 0 Å². The van der Waals surface area contributed by atoms with Crippen molar-refractivity contribution >= 4 is 5.69 Å². The van der Waals surface area contributed by atoms with Crippen LogP contribution in [0.4, 0.5) is 5.69 Å². The third-order valence-corrected chi connectivity index (χ3v) is 2.99. The van der Waals surface area contributed by atoms with Crippen LogP contribution in [0.25, 0.3) is 0 Å². The van der Waals surface area contributed by atoms with Gasteiger partial charge in [0.15, 0.2) is 0 Å². The van der Waals surface area contributed by atoms with E-state index in [4.69, 9.17) is 0 Å². The first-order valence-electron chi connectivity index (χ1n) is 6.01. The highest BCUT2D eigenvalue weighted by atomic mass is 15.1. The third kappa shape index (κ3) is 3.20. The van der Waals surface area contributed by atoms with Gasteiger partial charge in [0.05, 0.1) is 0 Å². The first kappa shape index (κ1) is 13.0. The molecule has 0 fully saturated rings. The zero-order valence-electron chi connectivity index (χ0n) is 10.8. The van der Waals surface area contributed by atoms with E-state index in [-0.39, 0.29) is 0 Å². The van der Waals surface area contributed by atoms with Crippen LogP contribution in [-0.4, -0.2) is 25.1 Å². The number of nitrogens with one attached hydrogen (secondary N) is 1. The van der Waals surface area contributed by atoms with Gasteiger partial charge < -0.3 is 10.2 Å². The lowest BCUT2D eigenvalue weighted by molar-refractivity contribution is 0.613. The Bertz CT molecular complexity index is 312. The summed E-state index contributed by atoms with van der Waals surface area (Å²) in [4.78, 5) is 6.53. The van der Waals surface area contributed by atoms with Crippen molar-refractivity contribution in [2.24, 2.45) is 0 Å². The standard InChI is InChI=1S/C13H23N3/c1-5-6-11(2)16(4)13-7-8-15-10-12(13)9-14-3/h7-8,10-11,14H,5-6,9H2,1-4H3. The van der Waals surface area contributed by atoms with Gasteiger partial charge >= 0.3 is 0 Å². The molecule has 1 aromatic rings. The van der Waals surface area contributed by atoms with Gasteiger partial charge in [-0.2, -0.15) is 0 Å². The second-order valence-electron chi connectivity index (χ2n) is 4.28. The molecule has 0 saturated heterocycles. The van der Waals surface area contributed by atoms with Crippen LogP contribution in [0.2, 0.25) is 0 Å². The quantitative estimate of drug-likeness (QED) is 0.799. The SMILES string of the molecule is CCCC(C)N(C)c1ccncc1CNC. The molecule has 0 radical (unpaired) electrons. The van der Waals surface area contributed by atoms with Crippen molar-refractivity contribution in [2.45, 2.75) is 39.3 Å². The maximum atomic E-state index is 4.18. The zero-order valence-corrected chi connectivity index (χ0v) is 10.8. The molecule has 1 rings (SSSR count). The van der Waals surface area contributed by atoms with Gasteiger partial charge in [-0.05, 0) is 26.5 Å². The predicted octanol–water partition coefficient (Wildman–Crippen LogP) is 2.43. The summed E-state index contributed by atoms with van der Waals surface area (Å²) in [6.45, 7) is 5.37. The molecule has 0 aliphatic heterocycles. The molecule has 0 aliphatic carbocycles. The molecule has 1 unspecified atom stereocenters. The van der Waals surface area contributed by atoms with Crippen molar-refractivity contribution in [3.8, 4) is 0 Å². The van der Waals surface area contributed by atoms with Crippen LogP contribution >= 0.6 is 0 Å². The molecule has 0 bridgehead atoms. The summed E-state index contributed by atoms with van der Waals surface area (Å²) < 4.78 is 0. The maximum absolute atomic E-state index is 4.18. The van der Waals surface area contributed by atoms with Crippen molar-refractivity contribution in [1.29, 1.82) is 0 Å². The average molecular weight is 221 g/mol. The van der Waals surface area contributed by atoms with Gasteiger partial charge in [-0.25, -0.2) is 0 Å². The Hall–Kier alpha value is -1.09. The van der Waals surface area contributed by atoms with Gasteiger partial charge in [0, 0.05) is 43.3 Å². The molecule has 0 aromatic carbocycles. The van der Waals surface area contributed by atoms with E-state index >= 15 is 0 Å². The van der Waals surface area contributed by atoms with E-state index in [1.807, 2.05) is 19.4 Å². The van der Waals surface area contributed by atoms with Crippen LogP contribution in [0.15, 0.2) is 18.5 Å². The highest BCUT2D eigenvalue weighted by Gasteiger charge is 2.12. The number of rotatable bonds is 6. The molecule has 3 nitrogen and oxygen atoms in total. The van der Waals surface area contributed by atoms with Crippen molar-refractivity contribution in [1.82, 2.24) is 10.3 Å². The second kappa shape index (κ2) is 6.48. The molecule has 3 heteroatoms. The van der Waals surface area contributed by atoms with Crippen LogP contribution in [0, 0.1) is 0 Å². The molecular weight excluding hydrogens is 198 g/mol. The monoisotopic (exact) mass is 221 g/mol. The minimum Gasteiger partial charge on any atom is -0.372 e. The Morgan fingerprint density at radius 2 is 2.25 bits per heavy atom. The fourth-order valence-corrected chi connectivity index (χ4v) is 1.94. The van der Waals surface area contributed by atoms with Crippen molar-refractivity contribution < 1.29 is 0 Å². The first-order chi connectivity index (χ1) is 7.70. The van der Waals surface area contributed by atoms with Gasteiger partial charge in [0.2, 0.25) is 0 Å². The topological polar surface area (TPSA) is 28.2 Å². The minimum atomic E-state index is 0.572. The Kier molecular flexibility index (Phi) is 5.26. The van der Waals surface area contributed by atoms with Crippen molar-refractivity contribution in [2.75, 3.05) is 19.0 Å². The van der Waals surface area contributed by atoms with E-state index in [0.29, 0.717) is 6.04 Å². The highest BCUT2D eigenvalue weighted by Crippen LogP contribution is 2.21. The molecule has 1 atom stereocenters. The molecule has 1 heterocycles. The van der Waals surface area contributed by atoms with Crippen LogP contribution in [-0.2, 0) is 6.54 Å². The van der Waals surface area contributed by atoms with Crippen LogP contribution in [0.3, 0.4) is 0 Å². The largest absolute Gasteiger partial charge is 0.372 e. The van der Waals surface area contributed by atoms with Crippen LogP contribution in [0.1, 0.15) is 32.3 Å². The predicted molar refractivity (Wildman–Crippen MR) is 69.8 cm³/mol. The summed E-state index contributed by atoms with van der Waals surface area (Å²) in [5.74, 6) is 0. The smallest absolute Gasteiger partial charge is 0.0442 e. The van der Waals surface area contributed by atoms with Crippen LogP contribution < -0.4 is 10.2 Å². The molecule has 1 N–H and O–H groups in total. The fourth-order valence-electron chi connectivity index (χ4n) is 1.94. The summed E-state index contributed by atoms with van der Waals surface area (Å²) in [6, 6.07) is 2.67. The Morgan fingerprint density at radius 3 is 2.88 bits per heavy atom. The number of aromatic nitrogens is 1. The summed E-state index contributed by atoms with van der Waals surface area (Å²) in [5, 5.41) is 3.18. The normalized spacial score (nSPS) is 12.5. The van der Waals surface area contributed by atoms with E-state index < -0.39 is 0 Å². The van der Waals surface area contributed by atoms with Gasteiger partial charge in [-0.3, -0.25) is 4.98 Å².